The first-order valence-electron chi connectivity index (χ1n) is 21.8. The maximum atomic E-state index is 2.51. The summed E-state index contributed by atoms with van der Waals surface area (Å²) in [5, 5.41) is 2.52. The van der Waals surface area contributed by atoms with Gasteiger partial charge in [0, 0.05) is 38.8 Å². The molecule has 2 nitrogen and oxygen atoms in total. The summed E-state index contributed by atoms with van der Waals surface area (Å²) in [5.41, 5.74) is 17.4. The Morgan fingerprint density at radius 3 is 1.85 bits per heavy atom. The Kier molecular flexibility index (Phi) is 9.47. The van der Waals surface area contributed by atoms with E-state index in [-0.39, 0.29) is 0 Å². The normalized spacial score (nSPS) is 15.3. The van der Waals surface area contributed by atoms with Crippen LogP contribution in [0, 0.1) is 5.92 Å². The Labute approximate surface area is 353 Å². The van der Waals surface area contributed by atoms with Gasteiger partial charge in [-0.15, -0.1) is 0 Å². The van der Waals surface area contributed by atoms with E-state index < -0.39 is 0 Å². The molecule has 2 aliphatic carbocycles. The minimum Gasteiger partial charge on any atom is -0.309 e. The van der Waals surface area contributed by atoms with Crippen molar-refractivity contribution in [1.29, 1.82) is 0 Å². The summed E-state index contributed by atoms with van der Waals surface area (Å²) in [4.78, 5) is 2.51. The largest absolute Gasteiger partial charge is 0.309 e. The first-order chi connectivity index (χ1) is 29.8. The molecule has 2 heteroatoms. The first kappa shape index (κ1) is 36.2. The van der Waals surface area contributed by atoms with Crippen LogP contribution in [-0.2, 0) is 0 Å². The van der Waals surface area contributed by atoms with Crippen LogP contribution in [0.5, 0.6) is 0 Å². The van der Waals surface area contributed by atoms with Gasteiger partial charge in [0.1, 0.15) is 0 Å². The number of anilines is 3. The van der Waals surface area contributed by atoms with Crippen LogP contribution in [-0.4, -0.2) is 4.57 Å². The van der Waals surface area contributed by atoms with E-state index in [4.69, 9.17) is 0 Å². The highest BCUT2D eigenvalue weighted by Crippen LogP contribution is 2.50. The number of para-hydroxylation sites is 5. The smallest absolute Gasteiger partial charge is 0.0619 e. The van der Waals surface area contributed by atoms with Gasteiger partial charge in [0.15, 0.2) is 0 Å². The number of hydrogen-bond acceptors (Lipinski definition) is 1. The van der Waals surface area contributed by atoms with Crippen molar-refractivity contribution in [3.8, 4) is 39.1 Å². The van der Waals surface area contributed by atoms with Crippen LogP contribution in [0.15, 0.2) is 200 Å². The SMILES string of the molecule is C1=Cc2cccc(-c3ccccc3N(c3ccc(-c4cccc5c6ccccc6n(-c6ccccc6)c45)cc3)c3ccccc3-c3ccccc3)c2C(C2CCCCC2)C1. The maximum absolute atomic E-state index is 2.51. The van der Waals surface area contributed by atoms with Crippen molar-refractivity contribution in [2.24, 2.45) is 5.92 Å². The van der Waals surface area contributed by atoms with Crippen LogP contribution in [0.2, 0.25) is 0 Å². The van der Waals surface area contributed by atoms with Gasteiger partial charge >= 0.3 is 0 Å². The lowest BCUT2D eigenvalue weighted by atomic mass is 9.70. The second-order valence-corrected chi connectivity index (χ2v) is 16.6. The van der Waals surface area contributed by atoms with Crippen molar-refractivity contribution in [2.75, 3.05) is 4.90 Å². The van der Waals surface area contributed by atoms with Crippen LogP contribution in [0.4, 0.5) is 17.1 Å². The lowest BCUT2D eigenvalue weighted by Crippen LogP contribution is -2.19. The maximum Gasteiger partial charge on any atom is 0.0619 e. The molecule has 11 rings (SSSR count). The second kappa shape index (κ2) is 15.7. The molecule has 290 valence electrons. The molecule has 60 heavy (non-hydrogen) atoms. The zero-order valence-corrected chi connectivity index (χ0v) is 33.9. The van der Waals surface area contributed by atoms with E-state index in [0.29, 0.717) is 5.92 Å². The van der Waals surface area contributed by atoms with Gasteiger partial charge in [0.2, 0.25) is 0 Å². The van der Waals surface area contributed by atoms with Crippen molar-refractivity contribution in [3.05, 3.63) is 211 Å². The fourth-order valence-electron chi connectivity index (χ4n) is 10.5. The van der Waals surface area contributed by atoms with E-state index in [1.165, 1.54) is 104 Å². The number of hydrogen-bond donors (Lipinski definition) is 0. The molecule has 1 heterocycles. The van der Waals surface area contributed by atoms with Crippen LogP contribution in [0.3, 0.4) is 0 Å². The Morgan fingerprint density at radius 2 is 1.05 bits per heavy atom. The summed E-state index contributed by atoms with van der Waals surface area (Å²) >= 11 is 0. The van der Waals surface area contributed by atoms with E-state index in [1.807, 2.05) is 0 Å². The molecule has 1 atom stereocenters. The van der Waals surface area contributed by atoms with Crippen molar-refractivity contribution in [1.82, 2.24) is 4.57 Å². The second-order valence-electron chi connectivity index (χ2n) is 16.6. The molecule has 0 aliphatic heterocycles. The molecule has 0 amide bonds. The van der Waals surface area contributed by atoms with E-state index >= 15 is 0 Å². The average molecular weight is 773 g/mol. The Hall–Kier alpha value is -6.90. The monoisotopic (exact) mass is 772 g/mol. The van der Waals surface area contributed by atoms with E-state index in [0.717, 1.165) is 29.4 Å². The fraction of sp³-hybridized carbons (Fsp3) is 0.138. The highest BCUT2D eigenvalue weighted by Gasteiger charge is 2.31. The van der Waals surface area contributed by atoms with E-state index in [2.05, 4.69) is 216 Å². The van der Waals surface area contributed by atoms with Crippen LogP contribution < -0.4 is 4.90 Å². The minimum atomic E-state index is 0.535. The molecule has 1 unspecified atom stereocenters. The highest BCUT2D eigenvalue weighted by atomic mass is 15.1. The molecule has 1 fully saturated rings. The number of rotatable bonds is 8. The van der Waals surface area contributed by atoms with E-state index in [1.54, 1.807) is 0 Å². The Balaban J connectivity index is 1.10. The van der Waals surface area contributed by atoms with Crippen molar-refractivity contribution in [2.45, 2.75) is 44.4 Å². The molecule has 0 radical (unpaired) electrons. The number of benzene rings is 8. The molecule has 0 spiro atoms. The molecule has 8 aromatic carbocycles. The third-order valence-corrected chi connectivity index (χ3v) is 13.2. The summed E-state index contributed by atoms with van der Waals surface area (Å²) in [5.74, 6) is 1.26. The highest BCUT2D eigenvalue weighted by molar-refractivity contribution is 6.14. The van der Waals surface area contributed by atoms with Crippen molar-refractivity contribution in [3.63, 3.8) is 0 Å². The molecule has 0 N–H and O–H groups in total. The molecule has 0 saturated heterocycles. The molecule has 0 bridgehead atoms. The third kappa shape index (κ3) is 6.35. The Morgan fingerprint density at radius 1 is 0.450 bits per heavy atom. The van der Waals surface area contributed by atoms with Gasteiger partial charge in [-0.25, -0.2) is 0 Å². The van der Waals surface area contributed by atoms with Gasteiger partial charge in [-0.2, -0.15) is 0 Å². The summed E-state index contributed by atoms with van der Waals surface area (Å²) < 4.78 is 2.43. The van der Waals surface area contributed by atoms with E-state index in [9.17, 15) is 0 Å². The molecule has 9 aromatic rings. The lowest BCUT2D eigenvalue weighted by molar-refractivity contribution is 0.304. The topological polar surface area (TPSA) is 8.17 Å². The van der Waals surface area contributed by atoms with Crippen LogP contribution in [0.25, 0.3) is 66.9 Å². The Bertz CT molecular complexity index is 2980. The standard InChI is InChI=1S/C58H48N2/c1-4-19-41(20-5-1)47-27-10-13-34-54(47)59(55-35-14-11-28-50(55)52-32-17-24-44-23-16-30-48(57(44)52)42-21-6-2-7-22-42)46-39-37-43(38-40-46)49-31-18-33-53-51-29-12-15-36-56(51)60(58(49)53)45-25-8-3-9-26-45/h1,3-5,8-20,23-29,31-40,42,48H,2,6-7,21-22,30H2. The van der Waals surface area contributed by atoms with Crippen LogP contribution >= 0.6 is 0 Å². The number of allylic oxidation sites excluding steroid dienone is 1. The molecule has 1 saturated carbocycles. The van der Waals surface area contributed by atoms with Gasteiger partial charge in [-0.1, -0.05) is 183 Å². The summed E-state index contributed by atoms with van der Waals surface area (Å²) in [6.45, 7) is 0. The van der Waals surface area contributed by atoms with Crippen molar-refractivity contribution >= 4 is 44.9 Å². The van der Waals surface area contributed by atoms with Crippen LogP contribution in [0.1, 0.15) is 55.6 Å². The third-order valence-electron chi connectivity index (χ3n) is 13.2. The number of fused-ring (bicyclic) bond motifs is 4. The zero-order valence-electron chi connectivity index (χ0n) is 33.9. The number of nitrogens with zero attached hydrogens (tertiary/aromatic N) is 2. The number of aromatic nitrogens is 1. The van der Waals surface area contributed by atoms with Gasteiger partial charge < -0.3 is 9.47 Å². The van der Waals surface area contributed by atoms with Crippen molar-refractivity contribution < 1.29 is 0 Å². The fourth-order valence-corrected chi connectivity index (χ4v) is 10.5. The predicted octanol–water partition coefficient (Wildman–Crippen LogP) is 16.3. The zero-order chi connectivity index (χ0) is 39.8. The quantitative estimate of drug-likeness (QED) is 0.149. The molecular formula is C58H48N2. The lowest BCUT2D eigenvalue weighted by Gasteiger charge is -2.35. The van der Waals surface area contributed by atoms with Gasteiger partial charge in [-0.05, 0) is 101 Å². The molecular weight excluding hydrogens is 725 g/mol. The van der Waals surface area contributed by atoms with Gasteiger partial charge in [0.25, 0.3) is 0 Å². The molecule has 1 aromatic heterocycles. The van der Waals surface area contributed by atoms with Gasteiger partial charge in [-0.3, -0.25) is 0 Å². The minimum absolute atomic E-state index is 0.535. The summed E-state index contributed by atoms with van der Waals surface area (Å²) in [6.07, 6.45) is 12.7. The molecule has 2 aliphatic rings. The summed E-state index contributed by atoms with van der Waals surface area (Å²) in [7, 11) is 0. The first-order valence-corrected chi connectivity index (χ1v) is 21.8. The van der Waals surface area contributed by atoms with Gasteiger partial charge in [0.05, 0.1) is 22.4 Å². The average Bonchev–Trinajstić information content (AvgIpc) is 3.67. The predicted molar refractivity (Wildman–Crippen MR) is 255 cm³/mol. The summed E-state index contributed by atoms with van der Waals surface area (Å²) in [6, 6.07) is 71.5.